The zero-order valence-corrected chi connectivity index (χ0v) is 18.1. The minimum absolute atomic E-state index is 0.0504. The van der Waals surface area contributed by atoms with Crippen LogP contribution in [0, 0.1) is 5.82 Å². The minimum Gasteiger partial charge on any atom is -0.484 e. The van der Waals surface area contributed by atoms with Crippen molar-refractivity contribution >= 4 is 39.1 Å². The second-order valence-electron chi connectivity index (χ2n) is 6.48. The molecule has 8 nitrogen and oxygen atoms in total. The van der Waals surface area contributed by atoms with Gasteiger partial charge in [-0.05, 0) is 30.3 Å². The Bertz CT molecular complexity index is 1090. The topological polar surface area (TPSA) is 114 Å². The van der Waals surface area contributed by atoms with Crippen LogP contribution in [0.5, 0.6) is 5.75 Å². The smallest absolute Gasteiger partial charge is 0.262 e. The van der Waals surface area contributed by atoms with Crippen molar-refractivity contribution in [3.63, 3.8) is 0 Å². The number of carbonyl (C=O) groups is 2. The molecular weight excluding hydrogens is 449 g/mol. The number of rotatable bonds is 10. The lowest BCUT2D eigenvalue weighted by Gasteiger charge is -2.11. The average Bonchev–Trinajstić information content (AvgIpc) is 2.67. The zero-order chi connectivity index (χ0) is 23.0. The lowest BCUT2D eigenvalue weighted by atomic mass is 10.2. The Morgan fingerprint density at radius 1 is 1.19 bits per heavy atom. The number of sulfonamides is 1. The molecule has 0 aliphatic heterocycles. The van der Waals surface area contributed by atoms with Crippen LogP contribution in [0.3, 0.4) is 0 Å². The third kappa shape index (κ3) is 8.65. The van der Waals surface area contributed by atoms with Gasteiger partial charge in [-0.25, -0.2) is 12.8 Å². The molecule has 166 valence electrons. The molecule has 0 spiro atoms. The fourth-order valence-corrected chi connectivity index (χ4v) is 3.05. The second kappa shape index (κ2) is 10.8. The molecule has 0 unspecified atom stereocenters. The Morgan fingerprint density at radius 3 is 2.61 bits per heavy atom. The molecule has 0 aliphatic carbocycles. The van der Waals surface area contributed by atoms with E-state index in [1.165, 1.54) is 30.3 Å². The number of nitrogens with one attached hydrogen (secondary N) is 3. The molecule has 2 aromatic carbocycles. The van der Waals surface area contributed by atoms with Crippen molar-refractivity contribution in [3.8, 4) is 5.75 Å². The highest BCUT2D eigenvalue weighted by Crippen LogP contribution is 2.20. The first kappa shape index (κ1) is 24.2. The molecule has 0 fully saturated rings. The van der Waals surface area contributed by atoms with Crippen LogP contribution in [-0.4, -0.2) is 39.6 Å². The first-order valence-electron chi connectivity index (χ1n) is 8.95. The molecule has 0 bridgehead atoms. The Hall–Kier alpha value is -3.11. The van der Waals surface area contributed by atoms with Crippen molar-refractivity contribution in [3.05, 3.63) is 71.1 Å². The van der Waals surface area contributed by atoms with Crippen LogP contribution in [0.2, 0.25) is 5.02 Å². The lowest BCUT2D eigenvalue weighted by molar-refractivity contribution is -0.122. The molecule has 0 radical (unpaired) electrons. The molecule has 2 aromatic rings. The fraction of sp³-hybridized carbons (Fsp3) is 0.200. The van der Waals surface area contributed by atoms with Crippen molar-refractivity contribution in [1.82, 2.24) is 10.6 Å². The third-order valence-corrected chi connectivity index (χ3v) is 4.63. The van der Waals surface area contributed by atoms with E-state index < -0.39 is 27.7 Å². The van der Waals surface area contributed by atoms with Crippen molar-refractivity contribution in [2.45, 2.75) is 6.42 Å². The molecule has 0 atom stereocenters. The molecule has 11 heteroatoms. The second-order valence-corrected chi connectivity index (χ2v) is 8.63. The number of anilines is 1. The monoisotopic (exact) mass is 469 g/mol. The molecule has 0 aromatic heterocycles. The number of hydrogen-bond acceptors (Lipinski definition) is 5. The molecule has 0 aliphatic rings. The van der Waals surface area contributed by atoms with Crippen LogP contribution in [0.15, 0.2) is 54.7 Å². The maximum atomic E-state index is 13.3. The van der Waals surface area contributed by atoms with Crippen molar-refractivity contribution in [2.75, 3.05) is 24.1 Å². The van der Waals surface area contributed by atoms with Crippen LogP contribution < -0.4 is 20.1 Å². The Kier molecular flexibility index (Phi) is 8.40. The molecule has 2 rings (SSSR count). The van der Waals surface area contributed by atoms with E-state index in [0.717, 1.165) is 12.3 Å². The summed E-state index contributed by atoms with van der Waals surface area (Å²) in [5.74, 6) is -1.41. The van der Waals surface area contributed by atoms with Gasteiger partial charge in [0, 0.05) is 36.0 Å². The van der Waals surface area contributed by atoms with E-state index in [1.54, 1.807) is 6.07 Å². The van der Waals surface area contributed by atoms with Gasteiger partial charge in [-0.1, -0.05) is 24.2 Å². The number of amides is 2. The van der Waals surface area contributed by atoms with Gasteiger partial charge in [-0.3, -0.25) is 14.3 Å². The SMILES string of the molecule is C=C(CCNC(=O)c1cccc(NS(C)(=O)=O)c1)NC(=O)COc1ccc(Cl)c(F)c1. The van der Waals surface area contributed by atoms with Gasteiger partial charge in [0.05, 0.1) is 11.3 Å². The zero-order valence-electron chi connectivity index (χ0n) is 16.6. The van der Waals surface area contributed by atoms with E-state index in [9.17, 15) is 22.4 Å². The van der Waals surface area contributed by atoms with Crippen LogP contribution in [0.25, 0.3) is 0 Å². The first-order chi connectivity index (χ1) is 14.5. The maximum Gasteiger partial charge on any atom is 0.262 e. The average molecular weight is 470 g/mol. The number of ether oxygens (including phenoxy) is 1. The number of halogens is 2. The summed E-state index contributed by atoms with van der Waals surface area (Å²) >= 11 is 5.58. The van der Waals surface area contributed by atoms with Crippen molar-refractivity contribution in [1.29, 1.82) is 0 Å². The summed E-state index contributed by atoms with van der Waals surface area (Å²) in [6, 6.07) is 9.84. The predicted molar refractivity (Wildman–Crippen MR) is 116 cm³/mol. The van der Waals surface area contributed by atoms with Gasteiger partial charge in [-0.15, -0.1) is 0 Å². The summed E-state index contributed by atoms with van der Waals surface area (Å²) in [4.78, 5) is 24.1. The first-order valence-corrected chi connectivity index (χ1v) is 11.2. The quantitative estimate of drug-likeness (QED) is 0.495. The van der Waals surface area contributed by atoms with Crippen molar-refractivity contribution in [2.24, 2.45) is 0 Å². The summed E-state index contributed by atoms with van der Waals surface area (Å²) in [5.41, 5.74) is 0.892. The van der Waals surface area contributed by atoms with E-state index in [4.69, 9.17) is 16.3 Å². The summed E-state index contributed by atoms with van der Waals surface area (Å²) in [6.07, 6.45) is 1.27. The molecule has 0 saturated heterocycles. The van der Waals surface area contributed by atoms with Crippen LogP contribution in [-0.2, 0) is 14.8 Å². The largest absolute Gasteiger partial charge is 0.484 e. The summed E-state index contributed by atoms with van der Waals surface area (Å²) in [5, 5.41) is 5.12. The highest BCUT2D eigenvalue weighted by molar-refractivity contribution is 7.92. The molecule has 3 N–H and O–H groups in total. The van der Waals surface area contributed by atoms with E-state index in [0.29, 0.717) is 5.70 Å². The Labute approximate surface area is 184 Å². The standard InChI is InChI=1S/C20H21ClFN3O5S/c1-13(24-19(26)12-30-16-6-7-17(21)18(22)11-16)8-9-23-20(27)14-4-3-5-15(10-14)25-31(2,28)29/h3-7,10-11,25H,1,8-9,12H2,2H3,(H,23,27)(H,24,26). The molecular formula is C20H21ClFN3O5S. The van der Waals surface area contributed by atoms with Gasteiger partial charge in [0.1, 0.15) is 11.6 Å². The summed E-state index contributed by atoms with van der Waals surface area (Å²) in [6.45, 7) is 3.54. The fourth-order valence-electron chi connectivity index (χ4n) is 2.38. The highest BCUT2D eigenvalue weighted by Gasteiger charge is 2.10. The van der Waals surface area contributed by atoms with Gasteiger partial charge in [0.15, 0.2) is 6.61 Å². The highest BCUT2D eigenvalue weighted by atomic mass is 35.5. The van der Waals surface area contributed by atoms with Crippen LogP contribution in [0.4, 0.5) is 10.1 Å². The Morgan fingerprint density at radius 2 is 1.94 bits per heavy atom. The minimum atomic E-state index is -3.45. The van der Waals surface area contributed by atoms with Gasteiger partial charge in [-0.2, -0.15) is 0 Å². The molecule has 0 saturated carbocycles. The van der Waals surface area contributed by atoms with E-state index in [1.807, 2.05) is 0 Å². The van der Waals surface area contributed by atoms with Crippen LogP contribution >= 0.6 is 11.6 Å². The van der Waals surface area contributed by atoms with Gasteiger partial charge < -0.3 is 15.4 Å². The van der Waals surface area contributed by atoms with Gasteiger partial charge >= 0.3 is 0 Å². The van der Waals surface area contributed by atoms with E-state index >= 15 is 0 Å². The van der Waals surface area contributed by atoms with E-state index in [2.05, 4.69) is 21.9 Å². The normalized spacial score (nSPS) is 10.8. The number of carbonyl (C=O) groups excluding carboxylic acids is 2. The number of hydrogen-bond donors (Lipinski definition) is 3. The Balaban J connectivity index is 1.74. The molecule has 2 amide bonds. The summed E-state index contributed by atoms with van der Waals surface area (Å²) in [7, 11) is -3.45. The van der Waals surface area contributed by atoms with Gasteiger partial charge in [0.2, 0.25) is 10.0 Å². The van der Waals surface area contributed by atoms with Crippen molar-refractivity contribution < 1.29 is 27.1 Å². The maximum absolute atomic E-state index is 13.3. The third-order valence-electron chi connectivity index (χ3n) is 3.72. The van der Waals surface area contributed by atoms with Crippen LogP contribution in [0.1, 0.15) is 16.8 Å². The molecule has 0 heterocycles. The van der Waals surface area contributed by atoms with E-state index in [-0.39, 0.29) is 41.6 Å². The lowest BCUT2D eigenvalue weighted by Crippen LogP contribution is -2.31. The predicted octanol–water partition coefficient (Wildman–Crippen LogP) is 2.68. The van der Waals surface area contributed by atoms with Gasteiger partial charge in [0.25, 0.3) is 11.8 Å². The summed E-state index contributed by atoms with van der Waals surface area (Å²) < 4.78 is 43.4. The number of benzene rings is 2. The molecule has 31 heavy (non-hydrogen) atoms.